The highest BCUT2D eigenvalue weighted by Crippen LogP contribution is 2.34. The first-order valence-corrected chi connectivity index (χ1v) is 7.40. The van der Waals surface area contributed by atoms with Crippen molar-refractivity contribution in [2.75, 3.05) is 0 Å². The predicted molar refractivity (Wildman–Crippen MR) is 82.0 cm³/mol. The number of hydrogen-bond acceptors (Lipinski definition) is 2. The van der Waals surface area contributed by atoms with Gasteiger partial charge in [0.25, 0.3) is 5.91 Å². The maximum atomic E-state index is 12.2. The van der Waals surface area contributed by atoms with E-state index >= 15 is 0 Å². The molecule has 21 heavy (non-hydrogen) atoms. The van der Waals surface area contributed by atoms with E-state index in [0.29, 0.717) is 5.56 Å². The molecule has 0 heterocycles. The van der Waals surface area contributed by atoms with Gasteiger partial charge in [0.1, 0.15) is 0 Å². The van der Waals surface area contributed by atoms with E-state index in [9.17, 15) is 9.59 Å². The van der Waals surface area contributed by atoms with Gasteiger partial charge in [-0.3, -0.25) is 4.79 Å². The number of hydrogen-bond donors (Lipinski definition) is 2. The maximum absolute atomic E-state index is 12.2. The number of carbonyl (C=O) groups excluding carboxylic acids is 1. The quantitative estimate of drug-likeness (QED) is 0.757. The van der Waals surface area contributed by atoms with Crippen LogP contribution in [0.3, 0.4) is 0 Å². The van der Waals surface area contributed by atoms with Crippen LogP contribution < -0.4 is 5.32 Å². The monoisotopic (exact) mass is 287 g/mol. The normalized spacial score (nSPS) is 15.9. The molecule has 1 aromatic carbocycles. The smallest absolute Gasteiger partial charge is 0.328 e. The summed E-state index contributed by atoms with van der Waals surface area (Å²) in [5, 5.41) is 11.6. The molecule has 4 heteroatoms. The molecule has 1 aliphatic carbocycles. The summed E-state index contributed by atoms with van der Waals surface area (Å²) in [4.78, 5) is 22.6. The van der Waals surface area contributed by atoms with E-state index in [0.717, 1.165) is 30.4 Å². The second-order valence-electron chi connectivity index (χ2n) is 5.55. The molecule has 1 unspecified atom stereocenters. The molecule has 4 nitrogen and oxygen atoms in total. The van der Waals surface area contributed by atoms with E-state index in [4.69, 9.17) is 5.11 Å². The molecule has 1 aliphatic rings. The van der Waals surface area contributed by atoms with Gasteiger partial charge in [-0.05, 0) is 42.5 Å². The summed E-state index contributed by atoms with van der Waals surface area (Å²) in [6, 6.07) is 7.19. The summed E-state index contributed by atoms with van der Waals surface area (Å²) < 4.78 is 0. The zero-order chi connectivity index (χ0) is 15.2. The number of aliphatic carboxylic acids is 1. The lowest BCUT2D eigenvalue weighted by molar-refractivity contribution is -0.131. The molecule has 1 atom stereocenters. The van der Waals surface area contributed by atoms with E-state index in [1.165, 1.54) is 18.9 Å². The minimum absolute atomic E-state index is 0.0590. The summed E-state index contributed by atoms with van der Waals surface area (Å²) in [5.41, 5.74) is 1.37. The second kappa shape index (κ2) is 7.07. The van der Waals surface area contributed by atoms with Crippen molar-refractivity contribution in [3.63, 3.8) is 0 Å². The van der Waals surface area contributed by atoms with Crippen LogP contribution in [0.2, 0.25) is 0 Å². The lowest BCUT2D eigenvalue weighted by Gasteiger charge is -2.16. The van der Waals surface area contributed by atoms with E-state index in [1.807, 2.05) is 0 Å². The molecule has 1 saturated carbocycles. The van der Waals surface area contributed by atoms with E-state index in [1.54, 1.807) is 24.3 Å². The van der Waals surface area contributed by atoms with Crippen molar-refractivity contribution in [3.05, 3.63) is 41.5 Å². The van der Waals surface area contributed by atoms with Crippen LogP contribution in [0.1, 0.15) is 48.5 Å². The average Bonchev–Trinajstić information content (AvgIpc) is 3.28. The summed E-state index contributed by atoms with van der Waals surface area (Å²) >= 11 is 0. The highest BCUT2D eigenvalue weighted by molar-refractivity contribution is 5.94. The number of benzene rings is 1. The Labute approximate surface area is 124 Å². The molecular formula is C17H21NO3. The topological polar surface area (TPSA) is 66.4 Å². The van der Waals surface area contributed by atoms with E-state index in [2.05, 4.69) is 12.2 Å². The molecule has 0 radical (unpaired) electrons. The van der Waals surface area contributed by atoms with Crippen LogP contribution in [0.25, 0.3) is 6.08 Å². The van der Waals surface area contributed by atoms with Crippen molar-refractivity contribution in [2.45, 2.75) is 38.6 Å². The third-order valence-corrected chi connectivity index (χ3v) is 3.73. The van der Waals surface area contributed by atoms with Gasteiger partial charge in [0, 0.05) is 17.7 Å². The van der Waals surface area contributed by atoms with Crippen LogP contribution in [0, 0.1) is 5.92 Å². The summed E-state index contributed by atoms with van der Waals surface area (Å²) in [7, 11) is 0. The predicted octanol–water partition coefficient (Wildman–Crippen LogP) is 3.09. The fourth-order valence-corrected chi connectivity index (χ4v) is 2.27. The van der Waals surface area contributed by atoms with Crippen molar-refractivity contribution in [3.8, 4) is 0 Å². The Bertz CT molecular complexity index is 529. The number of amides is 1. The van der Waals surface area contributed by atoms with Gasteiger partial charge in [-0.25, -0.2) is 4.79 Å². The van der Waals surface area contributed by atoms with Crippen LogP contribution in [-0.2, 0) is 4.79 Å². The van der Waals surface area contributed by atoms with E-state index < -0.39 is 5.97 Å². The molecule has 0 spiro atoms. The zero-order valence-electron chi connectivity index (χ0n) is 12.2. The standard InChI is InChI=1S/C17H21NO3/c1-2-15(11-13-3-4-13)18-17(21)14-8-5-12(6-9-14)7-10-16(19)20/h5-10,13,15H,2-4,11H2,1H3,(H,18,21)(H,19,20). The molecule has 1 fully saturated rings. The average molecular weight is 287 g/mol. The first-order valence-electron chi connectivity index (χ1n) is 7.40. The summed E-state index contributed by atoms with van der Waals surface area (Å²) in [5.74, 6) is -0.252. The molecule has 1 aromatic rings. The van der Waals surface area contributed by atoms with Crippen LogP contribution in [0.5, 0.6) is 0 Å². The number of carbonyl (C=O) groups is 2. The van der Waals surface area contributed by atoms with Gasteiger partial charge >= 0.3 is 5.97 Å². The summed E-state index contributed by atoms with van der Waals surface area (Å²) in [6.45, 7) is 2.09. The van der Waals surface area contributed by atoms with Gasteiger partial charge in [-0.1, -0.05) is 31.9 Å². The number of rotatable bonds is 7. The van der Waals surface area contributed by atoms with Gasteiger partial charge in [0.15, 0.2) is 0 Å². The lowest BCUT2D eigenvalue weighted by Crippen LogP contribution is -2.34. The fourth-order valence-electron chi connectivity index (χ4n) is 2.27. The lowest BCUT2D eigenvalue weighted by atomic mass is 10.1. The third kappa shape index (κ3) is 5.06. The highest BCUT2D eigenvalue weighted by atomic mass is 16.4. The Morgan fingerprint density at radius 2 is 2.00 bits per heavy atom. The molecule has 0 aromatic heterocycles. The molecule has 112 valence electrons. The Morgan fingerprint density at radius 3 is 2.52 bits per heavy atom. The molecule has 0 bridgehead atoms. The van der Waals surface area contributed by atoms with Crippen LogP contribution in [0.15, 0.2) is 30.3 Å². The van der Waals surface area contributed by atoms with Gasteiger partial charge in [0.2, 0.25) is 0 Å². The van der Waals surface area contributed by atoms with Crippen molar-refractivity contribution < 1.29 is 14.7 Å². The van der Waals surface area contributed by atoms with Crippen LogP contribution in [0.4, 0.5) is 0 Å². The first-order chi connectivity index (χ1) is 10.1. The molecule has 2 N–H and O–H groups in total. The zero-order valence-corrected chi connectivity index (χ0v) is 12.2. The Balaban J connectivity index is 1.93. The first kappa shape index (κ1) is 15.3. The number of carboxylic acids is 1. The van der Waals surface area contributed by atoms with Crippen molar-refractivity contribution in [1.29, 1.82) is 0 Å². The maximum Gasteiger partial charge on any atom is 0.328 e. The Kier molecular flexibility index (Phi) is 5.14. The van der Waals surface area contributed by atoms with Crippen LogP contribution >= 0.6 is 0 Å². The molecular weight excluding hydrogens is 266 g/mol. The largest absolute Gasteiger partial charge is 0.478 e. The SMILES string of the molecule is CCC(CC1CC1)NC(=O)c1ccc(C=CC(=O)O)cc1. The van der Waals surface area contributed by atoms with Gasteiger partial charge < -0.3 is 10.4 Å². The summed E-state index contributed by atoms with van der Waals surface area (Å²) in [6.07, 6.45) is 7.18. The van der Waals surface area contributed by atoms with Crippen LogP contribution in [-0.4, -0.2) is 23.0 Å². The number of nitrogens with one attached hydrogen (secondary N) is 1. The highest BCUT2D eigenvalue weighted by Gasteiger charge is 2.25. The second-order valence-corrected chi connectivity index (χ2v) is 5.55. The van der Waals surface area contributed by atoms with Crippen molar-refractivity contribution in [2.24, 2.45) is 5.92 Å². The molecule has 1 amide bonds. The number of carboxylic acid groups (broad SMARTS) is 1. The Morgan fingerprint density at radius 1 is 1.33 bits per heavy atom. The minimum Gasteiger partial charge on any atom is -0.478 e. The van der Waals surface area contributed by atoms with Gasteiger partial charge in [-0.2, -0.15) is 0 Å². The third-order valence-electron chi connectivity index (χ3n) is 3.73. The van der Waals surface area contributed by atoms with E-state index in [-0.39, 0.29) is 11.9 Å². The minimum atomic E-state index is -0.984. The molecule has 0 aliphatic heterocycles. The Hall–Kier alpha value is -2.10. The van der Waals surface area contributed by atoms with Crippen molar-refractivity contribution in [1.82, 2.24) is 5.32 Å². The van der Waals surface area contributed by atoms with Crippen molar-refractivity contribution >= 4 is 18.0 Å². The molecule has 2 rings (SSSR count). The van der Waals surface area contributed by atoms with Gasteiger partial charge in [-0.15, -0.1) is 0 Å². The van der Waals surface area contributed by atoms with Gasteiger partial charge in [0.05, 0.1) is 0 Å². The fraction of sp³-hybridized carbons (Fsp3) is 0.412. The molecule has 0 saturated heterocycles.